The zero-order valence-corrected chi connectivity index (χ0v) is 15.5. The first-order chi connectivity index (χ1) is 13.0. The van der Waals surface area contributed by atoms with Crippen LogP contribution in [0, 0.1) is 0 Å². The lowest BCUT2D eigenvalue weighted by Gasteiger charge is -2.04. The Morgan fingerprint density at radius 3 is 2.63 bits per heavy atom. The fraction of sp³-hybridized carbons (Fsp3) is 0.0556. The van der Waals surface area contributed by atoms with E-state index in [-0.39, 0.29) is 21.8 Å². The second-order valence-electron chi connectivity index (χ2n) is 5.23. The highest BCUT2D eigenvalue weighted by atomic mass is 35.5. The van der Waals surface area contributed by atoms with E-state index in [0.29, 0.717) is 21.9 Å². The predicted molar refractivity (Wildman–Crippen MR) is 101 cm³/mol. The number of methoxy groups -OCH3 is 1. The van der Waals surface area contributed by atoms with Crippen molar-refractivity contribution in [1.29, 1.82) is 0 Å². The Kier molecular flexibility index (Phi) is 5.68. The number of phenols is 1. The summed E-state index contributed by atoms with van der Waals surface area (Å²) in [5, 5.41) is 27.1. The van der Waals surface area contributed by atoms with Gasteiger partial charge in [0.15, 0.2) is 0 Å². The molecule has 0 fully saturated rings. The zero-order valence-electron chi connectivity index (χ0n) is 13.9. The molecule has 3 rings (SSSR count). The van der Waals surface area contributed by atoms with E-state index in [2.05, 4.69) is 10.2 Å². The molecule has 0 unspecified atom stereocenters. The summed E-state index contributed by atoms with van der Waals surface area (Å²) in [7, 11) is 1.50. The van der Waals surface area contributed by atoms with Gasteiger partial charge in [0.25, 0.3) is 11.1 Å². The van der Waals surface area contributed by atoms with Crippen molar-refractivity contribution in [2.45, 2.75) is 5.22 Å². The quantitative estimate of drug-likeness (QED) is 0.462. The van der Waals surface area contributed by atoms with Crippen LogP contribution in [0.3, 0.4) is 0 Å². The molecule has 2 N–H and O–H groups in total. The van der Waals surface area contributed by atoms with Crippen LogP contribution in [-0.2, 0) is 4.79 Å². The first kappa shape index (κ1) is 18.8. The molecule has 0 spiro atoms. The number of ether oxygens (including phenoxy) is 1. The van der Waals surface area contributed by atoms with Gasteiger partial charge >= 0.3 is 5.97 Å². The number of thioether (sulfide) groups is 1. The van der Waals surface area contributed by atoms with Crippen molar-refractivity contribution >= 4 is 35.4 Å². The van der Waals surface area contributed by atoms with Gasteiger partial charge in [-0.2, -0.15) is 0 Å². The topological polar surface area (TPSA) is 106 Å². The predicted octanol–water partition coefficient (Wildman–Crippen LogP) is 4.32. The van der Waals surface area contributed by atoms with E-state index in [1.54, 1.807) is 30.3 Å². The largest absolute Gasteiger partial charge is 0.508 e. The summed E-state index contributed by atoms with van der Waals surface area (Å²) < 4.78 is 10.8. The smallest absolute Gasteiger partial charge is 0.342 e. The molecular formula is C18H13ClN2O5S. The standard InChI is InChI=1S/C18H13ClN2O5S/c1-25-14-7-4-11(19)9-13(14)16-20-21-18(26-16)27-15(17(23)24)8-10-2-5-12(22)6-3-10/h2-9,22H,1H3,(H,23,24)/b15-8-. The lowest BCUT2D eigenvalue weighted by Crippen LogP contribution is -1.96. The molecule has 0 aliphatic carbocycles. The van der Waals surface area contributed by atoms with E-state index in [1.807, 2.05) is 0 Å². The molecule has 0 saturated carbocycles. The molecule has 9 heteroatoms. The fourth-order valence-corrected chi connectivity index (χ4v) is 3.00. The van der Waals surface area contributed by atoms with Gasteiger partial charge in [-0.25, -0.2) is 4.79 Å². The van der Waals surface area contributed by atoms with Crippen molar-refractivity contribution in [3.63, 3.8) is 0 Å². The maximum absolute atomic E-state index is 11.5. The number of nitrogens with zero attached hydrogens (tertiary/aromatic N) is 2. The van der Waals surface area contributed by atoms with Crippen LogP contribution in [0.25, 0.3) is 17.5 Å². The monoisotopic (exact) mass is 404 g/mol. The van der Waals surface area contributed by atoms with Gasteiger partial charge in [0, 0.05) is 5.02 Å². The van der Waals surface area contributed by atoms with Crippen molar-refractivity contribution in [3.8, 4) is 23.0 Å². The third-order valence-corrected chi connectivity index (χ3v) is 4.48. The Labute approximate surface area is 163 Å². The van der Waals surface area contributed by atoms with Crippen LogP contribution in [-0.4, -0.2) is 33.5 Å². The highest BCUT2D eigenvalue weighted by molar-refractivity contribution is 8.03. The Bertz CT molecular complexity index is 1000. The minimum absolute atomic E-state index is 0.0195. The number of aliphatic carboxylic acids is 1. The number of carbonyl (C=O) groups is 1. The maximum atomic E-state index is 11.5. The van der Waals surface area contributed by atoms with Crippen molar-refractivity contribution < 1.29 is 24.2 Å². The van der Waals surface area contributed by atoms with Crippen LogP contribution in [0.2, 0.25) is 5.02 Å². The van der Waals surface area contributed by atoms with E-state index < -0.39 is 5.97 Å². The molecule has 0 bridgehead atoms. The molecule has 1 aromatic heterocycles. The summed E-state index contributed by atoms with van der Waals surface area (Å²) in [5.74, 6) is -0.397. The van der Waals surface area contributed by atoms with Crippen LogP contribution in [0.1, 0.15) is 5.56 Å². The molecule has 7 nitrogen and oxygen atoms in total. The number of carboxylic acid groups (broad SMARTS) is 1. The van der Waals surface area contributed by atoms with E-state index >= 15 is 0 Å². The molecular weight excluding hydrogens is 392 g/mol. The normalized spacial score (nSPS) is 11.4. The van der Waals surface area contributed by atoms with Crippen molar-refractivity contribution in [2.75, 3.05) is 7.11 Å². The maximum Gasteiger partial charge on any atom is 0.342 e. The molecule has 0 aliphatic rings. The van der Waals surface area contributed by atoms with E-state index in [1.165, 1.54) is 25.3 Å². The van der Waals surface area contributed by atoms with Gasteiger partial charge in [-0.3, -0.25) is 0 Å². The Balaban J connectivity index is 1.88. The summed E-state index contributed by atoms with van der Waals surface area (Å²) in [6.45, 7) is 0. The second kappa shape index (κ2) is 8.15. The fourth-order valence-electron chi connectivity index (χ4n) is 2.16. The number of halogens is 1. The van der Waals surface area contributed by atoms with E-state index in [4.69, 9.17) is 20.8 Å². The summed E-state index contributed by atoms with van der Waals surface area (Å²) in [6, 6.07) is 11.1. The number of carboxylic acids is 1. The molecule has 27 heavy (non-hydrogen) atoms. The Hall–Kier alpha value is -2.97. The number of phenolic OH excluding ortho intramolecular Hbond substituents is 1. The van der Waals surface area contributed by atoms with Crippen molar-refractivity contribution in [3.05, 3.63) is 58.0 Å². The number of rotatable bonds is 6. The van der Waals surface area contributed by atoms with Gasteiger partial charge < -0.3 is 19.4 Å². The molecule has 138 valence electrons. The highest BCUT2D eigenvalue weighted by Gasteiger charge is 2.18. The minimum atomic E-state index is -1.15. The summed E-state index contributed by atoms with van der Waals surface area (Å²) in [6.07, 6.45) is 1.44. The lowest BCUT2D eigenvalue weighted by molar-refractivity contribution is -0.131. The molecule has 0 amide bonds. The summed E-state index contributed by atoms with van der Waals surface area (Å²) >= 11 is 6.82. The van der Waals surface area contributed by atoms with Crippen LogP contribution < -0.4 is 4.74 Å². The van der Waals surface area contributed by atoms with Crippen molar-refractivity contribution in [2.24, 2.45) is 0 Å². The number of benzene rings is 2. The van der Waals surface area contributed by atoms with Crippen LogP contribution in [0.15, 0.2) is 57.0 Å². The first-order valence-corrected chi connectivity index (χ1v) is 8.75. The Morgan fingerprint density at radius 1 is 1.22 bits per heavy atom. The Morgan fingerprint density at radius 2 is 1.96 bits per heavy atom. The molecule has 0 saturated heterocycles. The molecule has 0 aliphatic heterocycles. The van der Waals surface area contributed by atoms with Crippen LogP contribution in [0.5, 0.6) is 11.5 Å². The van der Waals surface area contributed by atoms with Gasteiger partial charge in [-0.15, -0.1) is 10.2 Å². The molecule has 2 aromatic carbocycles. The molecule has 0 atom stereocenters. The van der Waals surface area contributed by atoms with Gasteiger partial charge in [-0.1, -0.05) is 23.7 Å². The average molecular weight is 405 g/mol. The molecule has 0 radical (unpaired) electrons. The third-order valence-electron chi connectivity index (χ3n) is 3.40. The van der Waals surface area contributed by atoms with Crippen LogP contribution in [0.4, 0.5) is 0 Å². The minimum Gasteiger partial charge on any atom is -0.508 e. The van der Waals surface area contributed by atoms with Crippen molar-refractivity contribution in [1.82, 2.24) is 10.2 Å². The number of hydrogen-bond acceptors (Lipinski definition) is 7. The van der Waals surface area contributed by atoms with Crippen LogP contribution >= 0.6 is 23.4 Å². The lowest BCUT2D eigenvalue weighted by atomic mass is 10.2. The third kappa shape index (κ3) is 4.60. The second-order valence-corrected chi connectivity index (χ2v) is 6.65. The molecule has 3 aromatic rings. The number of aromatic hydroxyl groups is 1. The number of aromatic nitrogens is 2. The van der Waals surface area contributed by atoms with Gasteiger partial charge in [0.1, 0.15) is 16.4 Å². The summed E-state index contributed by atoms with van der Waals surface area (Å²) in [4.78, 5) is 11.5. The van der Waals surface area contributed by atoms with Gasteiger partial charge in [0.05, 0.1) is 12.7 Å². The SMILES string of the molecule is COc1ccc(Cl)cc1-c1nnc(S/C(=C\c2ccc(O)cc2)C(=O)O)o1. The molecule has 1 heterocycles. The first-order valence-electron chi connectivity index (χ1n) is 7.55. The summed E-state index contributed by atoms with van der Waals surface area (Å²) in [5.41, 5.74) is 1.11. The van der Waals surface area contributed by atoms with E-state index in [0.717, 1.165) is 11.8 Å². The number of hydrogen-bond donors (Lipinski definition) is 2. The zero-order chi connectivity index (χ0) is 19.4. The average Bonchev–Trinajstić information content (AvgIpc) is 3.11. The van der Waals surface area contributed by atoms with Gasteiger partial charge in [0.2, 0.25) is 0 Å². The highest BCUT2D eigenvalue weighted by Crippen LogP contribution is 2.35. The van der Waals surface area contributed by atoms with Gasteiger partial charge in [-0.05, 0) is 53.7 Å². The van der Waals surface area contributed by atoms with E-state index in [9.17, 15) is 15.0 Å².